The molecule has 0 aliphatic heterocycles. The largest absolute Gasteiger partial charge is 0.496 e. The lowest BCUT2D eigenvalue weighted by Crippen LogP contribution is -2.41. The Kier molecular flexibility index (Phi) is 3.56. The van der Waals surface area contributed by atoms with E-state index in [0.29, 0.717) is 17.2 Å². The van der Waals surface area contributed by atoms with Crippen LogP contribution < -0.4 is 4.74 Å². The smallest absolute Gasteiger partial charge is 0.124 e. The summed E-state index contributed by atoms with van der Waals surface area (Å²) in [6.45, 7) is 3.88. The first-order valence-corrected chi connectivity index (χ1v) is 6.74. The molecular formula is C16H21NO2. The van der Waals surface area contributed by atoms with E-state index in [4.69, 9.17) is 4.74 Å². The summed E-state index contributed by atoms with van der Waals surface area (Å²) in [6.07, 6.45) is 2.45. The van der Waals surface area contributed by atoms with Gasteiger partial charge in [-0.2, -0.15) is 5.26 Å². The quantitative estimate of drug-likeness (QED) is 0.906. The van der Waals surface area contributed by atoms with E-state index >= 15 is 0 Å². The maximum atomic E-state index is 11.1. The number of rotatable bonds is 3. The van der Waals surface area contributed by atoms with E-state index in [-0.39, 0.29) is 0 Å². The van der Waals surface area contributed by atoms with Crippen LogP contribution in [0.25, 0.3) is 0 Å². The number of nitriles is 1. The fraction of sp³-hybridized carbons (Fsp3) is 0.562. The Morgan fingerprint density at radius 3 is 2.68 bits per heavy atom. The highest BCUT2D eigenvalue weighted by Crippen LogP contribution is 2.54. The Balaban J connectivity index is 2.49. The highest BCUT2D eigenvalue weighted by Gasteiger charge is 2.53. The zero-order valence-corrected chi connectivity index (χ0v) is 11.8. The molecule has 1 aromatic rings. The number of aliphatic hydroxyl groups is 1. The van der Waals surface area contributed by atoms with Gasteiger partial charge in [-0.25, -0.2) is 0 Å². The van der Waals surface area contributed by atoms with Crippen molar-refractivity contribution < 1.29 is 9.84 Å². The molecule has 3 atom stereocenters. The van der Waals surface area contributed by atoms with Gasteiger partial charge in [0.2, 0.25) is 0 Å². The molecule has 102 valence electrons. The van der Waals surface area contributed by atoms with Gasteiger partial charge in [-0.3, -0.25) is 0 Å². The number of ether oxygens (including phenoxy) is 1. The summed E-state index contributed by atoms with van der Waals surface area (Å²) in [5.41, 5.74) is -1.21. The molecule has 19 heavy (non-hydrogen) atoms. The predicted octanol–water partition coefficient (Wildman–Crippen LogP) is 3.23. The molecular weight excluding hydrogens is 238 g/mol. The summed E-state index contributed by atoms with van der Waals surface area (Å²) in [4.78, 5) is 0. The molecule has 0 spiro atoms. The van der Waals surface area contributed by atoms with Crippen LogP contribution in [0.1, 0.15) is 38.7 Å². The molecule has 3 unspecified atom stereocenters. The lowest BCUT2D eigenvalue weighted by Gasteiger charge is -2.38. The van der Waals surface area contributed by atoms with E-state index in [1.165, 1.54) is 0 Å². The number of para-hydroxylation sites is 1. The van der Waals surface area contributed by atoms with Crippen LogP contribution in [0, 0.1) is 22.7 Å². The fourth-order valence-electron chi connectivity index (χ4n) is 3.25. The van der Waals surface area contributed by atoms with Gasteiger partial charge in [0.25, 0.3) is 0 Å². The first kappa shape index (κ1) is 13.9. The van der Waals surface area contributed by atoms with Crippen molar-refractivity contribution in [3.8, 4) is 11.8 Å². The molecule has 3 nitrogen and oxygen atoms in total. The molecule has 0 aromatic heterocycles. The minimum atomic E-state index is -1.20. The Morgan fingerprint density at radius 2 is 2.16 bits per heavy atom. The summed E-state index contributed by atoms with van der Waals surface area (Å²) in [7, 11) is 1.59. The van der Waals surface area contributed by atoms with Crippen LogP contribution in [-0.4, -0.2) is 12.2 Å². The van der Waals surface area contributed by atoms with E-state index in [2.05, 4.69) is 13.0 Å². The average Bonchev–Trinajstić information content (AvgIpc) is 2.82. The summed E-state index contributed by atoms with van der Waals surface area (Å²) >= 11 is 0. The van der Waals surface area contributed by atoms with E-state index < -0.39 is 11.0 Å². The zero-order valence-electron chi connectivity index (χ0n) is 11.8. The van der Waals surface area contributed by atoms with Crippen molar-refractivity contribution in [1.82, 2.24) is 0 Å². The van der Waals surface area contributed by atoms with Crippen LogP contribution in [-0.2, 0) is 5.60 Å². The number of methoxy groups -OCH3 is 1. The molecule has 1 aliphatic rings. The van der Waals surface area contributed by atoms with Crippen molar-refractivity contribution in [2.24, 2.45) is 11.3 Å². The van der Waals surface area contributed by atoms with Crippen LogP contribution in [0.3, 0.4) is 0 Å². The number of nitrogens with zero attached hydrogens (tertiary/aromatic N) is 1. The van der Waals surface area contributed by atoms with Gasteiger partial charge in [-0.05, 0) is 38.2 Å². The maximum Gasteiger partial charge on any atom is 0.124 e. The standard InChI is InChI=1S/C16H21NO2/c1-12-8-9-16(10-12,11-17)15(2,18)13-6-4-5-7-14(13)19-3/h4-7,12,18H,8-10H2,1-3H3. The third kappa shape index (κ3) is 2.11. The Labute approximate surface area is 114 Å². The highest BCUT2D eigenvalue weighted by molar-refractivity contribution is 5.40. The van der Waals surface area contributed by atoms with Crippen molar-refractivity contribution in [2.75, 3.05) is 7.11 Å². The number of hydrogen-bond donors (Lipinski definition) is 1. The van der Waals surface area contributed by atoms with Crippen LogP contribution >= 0.6 is 0 Å². The molecule has 1 N–H and O–H groups in total. The number of benzene rings is 1. The van der Waals surface area contributed by atoms with Crippen molar-refractivity contribution in [1.29, 1.82) is 5.26 Å². The third-order valence-electron chi connectivity index (χ3n) is 4.54. The van der Waals surface area contributed by atoms with E-state index in [9.17, 15) is 10.4 Å². The predicted molar refractivity (Wildman–Crippen MR) is 73.6 cm³/mol. The first-order valence-electron chi connectivity index (χ1n) is 6.74. The highest BCUT2D eigenvalue weighted by atomic mass is 16.5. The van der Waals surface area contributed by atoms with Crippen molar-refractivity contribution in [3.63, 3.8) is 0 Å². The van der Waals surface area contributed by atoms with Crippen molar-refractivity contribution >= 4 is 0 Å². The molecule has 2 rings (SSSR count). The second kappa shape index (κ2) is 4.86. The Morgan fingerprint density at radius 1 is 1.47 bits per heavy atom. The van der Waals surface area contributed by atoms with Crippen molar-refractivity contribution in [2.45, 2.75) is 38.7 Å². The summed E-state index contributed by atoms with van der Waals surface area (Å²) in [5.74, 6) is 1.11. The van der Waals surface area contributed by atoms with Gasteiger partial charge in [0.1, 0.15) is 11.4 Å². The van der Waals surface area contributed by atoms with Crippen molar-refractivity contribution in [3.05, 3.63) is 29.8 Å². The first-order chi connectivity index (χ1) is 8.97. The van der Waals surface area contributed by atoms with Crippen LogP contribution in [0.2, 0.25) is 0 Å². The van der Waals surface area contributed by atoms with E-state index in [1.54, 1.807) is 14.0 Å². The molecule has 1 saturated carbocycles. The SMILES string of the molecule is COc1ccccc1C(C)(O)C1(C#N)CCC(C)C1. The molecule has 0 heterocycles. The second-order valence-electron chi connectivity index (χ2n) is 5.81. The van der Waals surface area contributed by atoms with Gasteiger partial charge < -0.3 is 9.84 Å². The van der Waals surface area contributed by atoms with Crippen LogP contribution in [0.15, 0.2) is 24.3 Å². The molecule has 0 radical (unpaired) electrons. The summed E-state index contributed by atoms with van der Waals surface area (Å²) in [5, 5.41) is 20.7. The van der Waals surface area contributed by atoms with Gasteiger partial charge in [-0.1, -0.05) is 25.1 Å². The van der Waals surface area contributed by atoms with Crippen LogP contribution in [0.5, 0.6) is 5.75 Å². The van der Waals surface area contributed by atoms with E-state index in [0.717, 1.165) is 19.3 Å². The lowest BCUT2D eigenvalue weighted by atomic mass is 9.68. The van der Waals surface area contributed by atoms with Gasteiger partial charge in [0.05, 0.1) is 18.6 Å². The molecule has 1 fully saturated rings. The zero-order chi connectivity index (χ0) is 14.1. The summed E-state index contributed by atoms with van der Waals surface area (Å²) in [6, 6.07) is 9.81. The molecule has 0 saturated heterocycles. The normalized spacial score (nSPS) is 29.5. The molecule has 0 bridgehead atoms. The minimum Gasteiger partial charge on any atom is -0.496 e. The summed E-state index contributed by atoms with van der Waals surface area (Å²) < 4.78 is 5.34. The maximum absolute atomic E-state index is 11.1. The number of hydrogen-bond acceptors (Lipinski definition) is 3. The molecule has 3 heteroatoms. The van der Waals surface area contributed by atoms with E-state index in [1.807, 2.05) is 24.3 Å². The fourth-order valence-corrected chi connectivity index (χ4v) is 3.25. The van der Waals surface area contributed by atoms with Gasteiger partial charge in [0, 0.05) is 5.56 Å². The lowest BCUT2D eigenvalue weighted by molar-refractivity contribution is -0.0454. The molecule has 1 aromatic carbocycles. The Bertz CT molecular complexity index is 504. The van der Waals surface area contributed by atoms with Gasteiger partial charge in [0.15, 0.2) is 0 Å². The van der Waals surface area contributed by atoms with Gasteiger partial charge >= 0.3 is 0 Å². The van der Waals surface area contributed by atoms with Gasteiger partial charge in [-0.15, -0.1) is 0 Å². The molecule has 1 aliphatic carbocycles. The second-order valence-corrected chi connectivity index (χ2v) is 5.81. The molecule has 0 amide bonds. The van der Waals surface area contributed by atoms with Crippen LogP contribution in [0.4, 0.5) is 0 Å². The monoisotopic (exact) mass is 259 g/mol. The average molecular weight is 259 g/mol. The topological polar surface area (TPSA) is 53.2 Å². The Hall–Kier alpha value is -1.53. The minimum absolute atomic E-state index is 0.473. The third-order valence-corrected chi connectivity index (χ3v) is 4.54.